The molecule has 1 amide bonds. The minimum absolute atomic E-state index is 0.283. The lowest BCUT2D eigenvalue weighted by Gasteiger charge is -2.51. The lowest BCUT2D eigenvalue weighted by atomic mass is 9.58. The lowest BCUT2D eigenvalue weighted by molar-refractivity contribution is 0.0144. The zero-order valence-corrected chi connectivity index (χ0v) is 11.8. The Hall–Kier alpha value is -0.770. The van der Waals surface area contributed by atoms with Crippen LogP contribution in [0.15, 0.2) is 0 Å². The first-order chi connectivity index (χ1) is 8.28. The summed E-state index contributed by atoms with van der Waals surface area (Å²) in [6.07, 6.45) is 6.63. The van der Waals surface area contributed by atoms with Crippen molar-refractivity contribution in [1.29, 1.82) is 0 Å². The Morgan fingerprint density at radius 1 is 1.28 bits per heavy atom. The molecule has 4 nitrogen and oxygen atoms in total. The molecule has 0 aromatic rings. The molecular formula is C14H26N2O2. The molecule has 0 atom stereocenters. The smallest absolute Gasteiger partial charge is 0.407 e. The molecule has 0 heterocycles. The Bertz CT molecular complexity index is 306. The summed E-state index contributed by atoms with van der Waals surface area (Å²) < 4.78 is 5.27. The summed E-state index contributed by atoms with van der Waals surface area (Å²) in [5, 5.41) is 2.96. The van der Waals surface area contributed by atoms with Crippen LogP contribution in [0.25, 0.3) is 0 Å². The molecule has 2 aliphatic carbocycles. The van der Waals surface area contributed by atoms with Crippen molar-refractivity contribution in [1.82, 2.24) is 5.32 Å². The molecule has 0 radical (unpaired) electrons. The maximum Gasteiger partial charge on any atom is 0.407 e. The van der Waals surface area contributed by atoms with Crippen LogP contribution in [0.4, 0.5) is 4.79 Å². The van der Waals surface area contributed by atoms with Crippen molar-refractivity contribution in [3.05, 3.63) is 0 Å². The van der Waals surface area contributed by atoms with E-state index in [1.807, 2.05) is 20.8 Å². The second-order valence-electron chi connectivity index (χ2n) is 7.09. The van der Waals surface area contributed by atoms with E-state index in [-0.39, 0.29) is 6.09 Å². The molecule has 3 N–H and O–H groups in total. The SMILES string of the molecule is CC(C)(C)OC(=O)NC1CC2(CCC(N)CC2)C1. The second-order valence-corrected chi connectivity index (χ2v) is 7.09. The molecule has 0 unspecified atom stereocenters. The van der Waals surface area contributed by atoms with Gasteiger partial charge in [0, 0.05) is 12.1 Å². The molecule has 104 valence electrons. The van der Waals surface area contributed by atoms with Crippen molar-refractivity contribution >= 4 is 6.09 Å². The highest BCUT2D eigenvalue weighted by atomic mass is 16.6. The standard InChI is InChI=1S/C14H26N2O2/c1-13(2,3)18-12(17)16-11-8-14(9-11)6-4-10(15)5-7-14/h10-11H,4-9,15H2,1-3H3,(H,16,17). The number of carbonyl (C=O) groups excluding carboxylic acids is 1. The highest BCUT2D eigenvalue weighted by Gasteiger charge is 2.46. The minimum Gasteiger partial charge on any atom is -0.444 e. The van der Waals surface area contributed by atoms with Gasteiger partial charge in [0.25, 0.3) is 0 Å². The fourth-order valence-electron chi connectivity index (χ4n) is 3.22. The molecule has 0 bridgehead atoms. The van der Waals surface area contributed by atoms with Crippen molar-refractivity contribution in [3.63, 3.8) is 0 Å². The third kappa shape index (κ3) is 3.37. The van der Waals surface area contributed by atoms with Crippen LogP contribution in [-0.4, -0.2) is 23.8 Å². The number of ether oxygens (including phenoxy) is 1. The van der Waals surface area contributed by atoms with Crippen molar-refractivity contribution < 1.29 is 9.53 Å². The average Bonchev–Trinajstić information content (AvgIpc) is 2.16. The summed E-state index contributed by atoms with van der Waals surface area (Å²) in [6, 6.07) is 0.697. The van der Waals surface area contributed by atoms with E-state index in [1.165, 1.54) is 12.8 Å². The van der Waals surface area contributed by atoms with Crippen molar-refractivity contribution in [2.24, 2.45) is 11.1 Å². The minimum atomic E-state index is -0.414. The Morgan fingerprint density at radius 2 is 1.83 bits per heavy atom. The van der Waals surface area contributed by atoms with Gasteiger partial charge >= 0.3 is 6.09 Å². The van der Waals surface area contributed by atoms with Crippen molar-refractivity contribution in [2.45, 2.75) is 77.0 Å². The van der Waals surface area contributed by atoms with Crippen LogP contribution >= 0.6 is 0 Å². The van der Waals surface area contributed by atoms with Gasteiger partial charge in [-0.15, -0.1) is 0 Å². The first-order valence-electron chi connectivity index (χ1n) is 7.03. The van der Waals surface area contributed by atoms with E-state index in [0.29, 0.717) is 17.5 Å². The van der Waals surface area contributed by atoms with E-state index in [4.69, 9.17) is 10.5 Å². The summed E-state index contributed by atoms with van der Waals surface area (Å²) in [5.41, 5.74) is 5.98. The quantitative estimate of drug-likeness (QED) is 0.756. The Kier molecular flexibility index (Phi) is 3.58. The molecule has 2 aliphatic rings. The molecule has 0 saturated heterocycles. The van der Waals surface area contributed by atoms with Crippen LogP contribution in [0.5, 0.6) is 0 Å². The zero-order chi connectivity index (χ0) is 13.4. The van der Waals surface area contributed by atoms with Gasteiger partial charge in [0.05, 0.1) is 0 Å². The normalized spacial score (nSPS) is 36.0. The number of amides is 1. The summed E-state index contributed by atoms with van der Waals surface area (Å²) in [4.78, 5) is 11.6. The third-order valence-corrected chi connectivity index (χ3v) is 4.17. The first kappa shape index (κ1) is 13.7. The highest BCUT2D eigenvalue weighted by Crippen LogP contribution is 2.51. The van der Waals surface area contributed by atoms with Gasteiger partial charge < -0.3 is 15.8 Å². The first-order valence-corrected chi connectivity index (χ1v) is 7.03. The predicted octanol–water partition coefficient (Wildman–Crippen LogP) is 2.56. The van der Waals surface area contributed by atoms with Crippen LogP contribution in [-0.2, 0) is 4.74 Å². The molecule has 4 heteroatoms. The molecule has 0 aromatic heterocycles. The maximum atomic E-state index is 11.6. The van der Waals surface area contributed by atoms with Gasteiger partial charge in [0.2, 0.25) is 0 Å². The topological polar surface area (TPSA) is 64.3 Å². The van der Waals surface area contributed by atoms with Gasteiger partial charge in [-0.3, -0.25) is 0 Å². The van der Waals surface area contributed by atoms with E-state index in [9.17, 15) is 4.79 Å². The average molecular weight is 254 g/mol. The molecule has 2 saturated carbocycles. The molecule has 18 heavy (non-hydrogen) atoms. The second kappa shape index (κ2) is 4.72. The van der Waals surface area contributed by atoms with Gasteiger partial charge in [-0.1, -0.05) is 0 Å². The van der Waals surface area contributed by atoms with Crippen molar-refractivity contribution in [3.8, 4) is 0 Å². The number of hydrogen-bond donors (Lipinski definition) is 2. The van der Waals surface area contributed by atoms with E-state index in [1.54, 1.807) is 0 Å². The highest BCUT2D eigenvalue weighted by molar-refractivity contribution is 5.68. The largest absolute Gasteiger partial charge is 0.444 e. The summed E-state index contributed by atoms with van der Waals surface area (Å²) >= 11 is 0. The Morgan fingerprint density at radius 3 is 2.33 bits per heavy atom. The van der Waals surface area contributed by atoms with Gasteiger partial charge in [-0.05, 0) is 64.7 Å². The lowest BCUT2D eigenvalue weighted by Crippen LogP contribution is -2.53. The molecule has 0 aromatic carbocycles. The molecule has 2 rings (SSSR count). The monoisotopic (exact) mass is 254 g/mol. The molecular weight excluding hydrogens is 228 g/mol. The Balaban J connectivity index is 1.71. The Labute approximate surface area is 110 Å². The van der Waals surface area contributed by atoms with Crippen molar-refractivity contribution in [2.75, 3.05) is 0 Å². The summed E-state index contributed by atoms with van der Waals surface area (Å²) in [6.45, 7) is 5.66. The third-order valence-electron chi connectivity index (χ3n) is 4.17. The molecule has 1 spiro atoms. The summed E-state index contributed by atoms with van der Waals surface area (Å²) in [5.74, 6) is 0. The number of nitrogens with two attached hydrogens (primary N) is 1. The van der Waals surface area contributed by atoms with E-state index >= 15 is 0 Å². The predicted molar refractivity (Wildman–Crippen MR) is 71.3 cm³/mol. The van der Waals surface area contributed by atoms with Gasteiger partial charge in [-0.25, -0.2) is 4.79 Å². The molecule has 2 fully saturated rings. The maximum absolute atomic E-state index is 11.6. The number of carbonyl (C=O) groups is 1. The fourth-order valence-corrected chi connectivity index (χ4v) is 3.22. The van der Waals surface area contributed by atoms with Gasteiger partial charge in [0.1, 0.15) is 5.60 Å². The fraction of sp³-hybridized carbons (Fsp3) is 0.929. The van der Waals surface area contributed by atoms with E-state index in [2.05, 4.69) is 5.32 Å². The van der Waals surface area contributed by atoms with Gasteiger partial charge in [-0.2, -0.15) is 0 Å². The van der Waals surface area contributed by atoms with Crippen LogP contribution in [0.2, 0.25) is 0 Å². The molecule has 0 aliphatic heterocycles. The number of alkyl carbamates (subject to hydrolysis) is 1. The van der Waals surface area contributed by atoms with Gasteiger partial charge in [0.15, 0.2) is 0 Å². The van der Waals surface area contributed by atoms with Crippen LogP contribution in [0.1, 0.15) is 59.3 Å². The van der Waals surface area contributed by atoms with Crippen LogP contribution in [0, 0.1) is 5.41 Å². The number of hydrogen-bond acceptors (Lipinski definition) is 3. The van der Waals surface area contributed by atoms with Crippen LogP contribution in [0.3, 0.4) is 0 Å². The number of nitrogens with one attached hydrogen (secondary N) is 1. The zero-order valence-electron chi connectivity index (χ0n) is 11.8. The van der Waals surface area contributed by atoms with E-state index < -0.39 is 5.60 Å². The number of rotatable bonds is 1. The van der Waals surface area contributed by atoms with E-state index in [0.717, 1.165) is 25.7 Å². The summed E-state index contributed by atoms with van der Waals surface area (Å²) in [7, 11) is 0. The van der Waals surface area contributed by atoms with Crippen LogP contribution < -0.4 is 11.1 Å².